The molecule has 5 nitrogen and oxygen atoms in total. The summed E-state index contributed by atoms with van der Waals surface area (Å²) in [6.07, 6.45) is 3.01. The van der Waals surface area contributed by atoms with Crippen LogP contribution in [0.15, 0.2) is 18.3 Å². The summed E-state index contributed by atoms with van der Waals surface area (Å²) < 4.78 is 7.49. The average molecular weight is 228 g/mol. The molecule has 0 saturated carbocycles. The molecular weight excluding hydrogens is 216 g/mol. The Labute approximate surface area is 98.6 Å². The van der Waals surface area contributed by atoms with Crippen molar-refractivity contribution in [2.45, 2.75) is 25.4 Å². The van der Waals surface area contributed by atoms with Gasteiger partial charge in [-0.05, 0) is 19.4 Å². The Balaban J connectivity index is 2.09. The molecule has 2 aromatic rings. The largest absolute Gasteiger partial charge is 0.378 e. The number of rotatable bonds is 1. The van der Waals surface area contributed by atoms with Gasteiger partial charge in [0.2, 0.25) is 0 Å². The number of nitriles is 1. The topological polar surface area (TPSA) is 63.2 Å². The van der Waals surface area contributed by atoms with E-state index in [0.717, 1.165) is 24.5 Å². The van der Waals surface area contributed by atoms with Gasteiger partial charge in [-0.3, -0.25) is 4.40 Å². The molecule has 1 fully saturated rings. The van der Waals surface area contributed by atoms with Gasteiger partial charge in [0.15, 0.2) is 5.65 Å². The second kappa shape index (κ2) is 3.82. The van der Waals surface area contributed by atoms with E-state index in [2.05, 4.69) is 23.2 Å². The van der Waals surface area contributed by atoms with Crippen molar-refractivity contribution >= 4 is 5.65 Å². The van der Waals surface area contributed by atoms with Crippen molar-refractivity contribution < 1.29 is 4.74 Å². The third-order valence-corrected chi connectivity index (χ3v) is 3.27. The first-order valence-electron chi connectivity index (χ1n) is 5.66. The summed E-state index contributed by atoms with van der Waals surface area (Å²) in [4.78, 5) is 0. The van der Waals surface area contributed by atoms with Gasteiger partial charge in [0.25, 0.3) is 0 Å². The molecule has 1 saturated heterocycles. The summed E-state index contributed by atoms with van der Waals surface area (Å²) in [5.74, 6) is 1.22. The maximum atomic E-state index is 8.83. The second-order valence-corrected chi connectivity index (χ2v) is 4.28. The number of hydrogen-bond acceptors (Lipinski definition) is 4. The van der Waals surface area contributed by atoms with Gasteiger partial charge in [-0.2, -0.15) is 5.26 Å². The SMILES string of the molecule is CC1OCCC1c1nnc2cc(C#N)ccn12. The minimum atomic E-state index is 0.179. The van der Waals surface area contributed by atoms with Crippen LogP contribution in [0.5, 0.6) is 0 Å². The van der Waals surface area contributed by atoms with Gasteiger partial charge >= 0.3 is 0 Å². The van der Waals surface area contributed by atoms with Crippen LogP contribution in [0, 0.1) is 11.3 Å². The average Bonchev–Trinajstić information content (AvgIpc) is 2.94. The third-order valence-electron chi connectivity index (χ3n) is 3.27. The molecule has 0 bridgehead atoms. The van der Waals surface area contributed by atoms with E-state index in [-0.39, 0.29) is 12.0 Å². The lowest BCUT2D eigenvalue weighted by Crippen LogP contribution is -2.12. The van der Waals surface area contributed by atoms with Crippen LogP contribution in [0.1, 0.15) is 30.7 Å². The molecule has 0 spiro atoms. The van der Waals surface area contributed by atoms with Gasteiger partial charge in [0.1, 0.15) is 5.82 Å². The fourth-order valence-electron chi connectivity index (χ4n) is 2.30. The Morgan fingerprint density at radius 3 is 3.12 bits per heavy atom. The third kappa shape index (κ3) is 1.58. The van der Waals surface area contributed by atoms with Crippen LogP contribution in [0.2, 0.25) is 0 Å². The van der Waals surface area contributed by atoms with E-state index in [4.69, 9.17) is 10.00 Å². The smallest absolute Gasteiger partial charge is 0.162 e. The first kappa shape index (κ1) is 10.2. The molecule has 1 aliphatic rings. The molecule has 3 heterocycles. The Bertz CT molecular complexity index is 598. The van der Waals surface area contributed by atoms with Crippen molar-refractivity contribution in [3.8, 4) is 6.07 Å². The van der Waals surface area contributed by atoms with E-state index >= 15 is 0 Å². The maximum Gasteiger partial charge on any atom is 0.162 e. The predicted molar refractivity (Wildman–Crippen MR) is 60.5 cm³/mol. The quantitative estimate of drug-likeness (QED) is 0.741. The Kier molecular flexibility index (Phi) is 2.30. The van der Waals surface area contributed by atoms with Crippen LogP contribution >= 0.6 is 0 Å². The molecule has 86 valence electrons. The number of hydrogen-bond donors (Lipinski definition) is 0. The van der Waals surface area contributed by atoms with Gasteiger partial charge in [-0.25, -0.2) is 0 Å². The van der Waals surface area contributed by atoms with E-state index in [1.807, 2.05) is 10.6 Å². The highest BCUT2D eigenvalue weighted by Crippen LogP contribution is 2.29. The summed E-state index contributed by atoms with van der Waals surface area (Å²) in [6.45, 7) is 2.83. The minimum absolute atomic E-state index is 0.179. The highest BCUT2D eigenvalue weighted by atomic mass is 16.5. The lowest BCUT2D eigenvalue weighted by Gasteiger charge is -2.11. The zero-order valence-corrected chi connectivity index (χ0v) is 9.50. The molecule has 2 unspecified atom stereocenters. The van der Waals surface area contributed by atoms with Crippen molar-refractivity contribution in [2.75, 3.05) is 6.61 Å². The van der Waals surface area contributed by atoms with Gasteiger partial charge < -0.3 is 4.74 Å². The van der Waals surface area contributed by atoms with E-state index in [9.17, 15) is 0 Å². The summed E-state index contributed by atoms with van der Waals surface area (Å²) in [5, 5.41) is 17.2. The van der Waals surface area contributed by atoms with Crippen LogP contribution in [0.3, 0.4) is 0 Å². The fraction of sp³-hybridized carbons (Fsp3) is 0.417. The molecule has 5 heteroatoms. The molecule has 0 amide bonds. The molecule has 0 aromatic carbocycles. The van der Waals surface area contributed by atoms with Crippen molar-refractivity contribution in [3.05, 3.63) is 29.7 Å². The van der Waals surface area contributed by atoms with Crippen molar-refractivity contribution in [1.82, 2.24) is 14.6 Å². The molecule has 2 aromatic heterocycles. The number of nitrogens with zero attached hydrogens (tertiary/aromatic N) is 4. The summed E-state index contributed by atoms with van der Waals surface area (Å²) in [7, 11) is 0. The van der Waals surface area contributed by atoms with Crippen molar-refractivity contribution in [2.24, 2.45) is 0 Å². The standard InChI is InChI=1S/C12H12N4O/c1-8-10(3-5-17-8)12-15-14-11-6-9(7-13)2-4-16(11)12/h2,4,6,8,10H,3,5H2,1H3. The van der Waals surface area contributed by atoms with Crippen LogP contribution in [-0.2, 0) is 4.74 Å². The highest BCUT2D eigenvalue weighted by Gasteiger charge is 2.29. The minimum Gasteiger partial charge on any atom is -0.378 e. The number of aromatic nitrogens is 3. The summed E-state index contributed by atoms with van der Waals surface area (Å²) in [5.41, 5.74) is 1.32. The monoisotopic (exact) mass is 228 g/mol. The first-order valence-corrected chi connectivity index (χ1v) is 5.66. The Morgan fingerprint density at radius 1 is 1.53 bits per heavy atom. The molecule has 0 N–H and O–H groups in total. The molecule has 2 atom stereocenters. The number of fused-ring (bicyclic) bond motifs is 1. The van der Waals surface area contributed by atoms with Crippen LogP contribution in [0.25, 0.3) is 5.65 Å². The summed E-state index contributed by atoms with van der Waals surface area (Å²) >= 11 is 0. The zero-order valence-electron chi connectivity index (χ0n) is 9.50. The van der Waals surface area contributed by atoms with Gasteiger partial charge in [0, 0.05) is 24.8 Å². The van der Waals surface area contributed by atoms with Crippen LogP contribution in [0.4, 0.5) is 0 Å². The molecule has 0 radical (unpaired) electrons. The van der Waals surface area contributed by atoms with E-state index in [1.165, 1.54) is 0 Å². The zero-order chi connectivity index (χ0) is 11.8. The highest BCUT2D eigenvalue weighted by molar-refractivity contribution is 5.45. The van der Waals surface area contributed by atoms with E-state index in [1.54, 1.807) is 12.1 Å². The second-order valence-electron chi connectivity index (χ2n) is 4.28. The Hall–Kier alpha value is -1.93. The summed E-state index contributed by atoms with van der Waals surface area (Å²) in [6, 6.07) is 5.63. The molecule has 1 aliphatic heterocycles. The Morgan fingerprint density at radius 2 is 2.41 bits per heavy atom. The van der Waals surface area contributed by atoms with Crippen molar-refractivity contribution in [1.29, 1.82) is 5.26 Å². The molecule has 17 heavy (non-hydrogen) atoms. The number of pyridine rings is 1. The number of ether oxygens (including phenoxy) is 1. The van der Waals surface area contributed by atoms with Crippen LogP contribution in [-0.4, -0.2) is 27.3 Å². The van der Waals surface area contributed by atoms with E-state index < -0.39 is 0 Å². The van der Waals surface area contributed by atoms with Gasteiger partial charge in [-0.1, -0.05) is 0 Å². The first-order chi connectivity index (χ1) is 8.29. The molecule has 3 rings (SSSR count). The molecular formula is C12H12N4O. The maximum absolute atomic E-state index is 8.83. The lowest BCUT2D eigenvalue weighted by atomic mass is 10.0. The normalized spacial score (nSPS) is 24.0. The fourth-order valence-corrected chi connectivity index (χ4v) is 2.30. The van der Waals surface area contributed by atoms with Gasteiger partial charge in [-0.15, -0.1) is 10.2 Å². The predicted octanol–water partition coefficient (Wildman–Crippen LogP) is 1.49. The molecule has 0 aliphatic carbocycles. The van der Waals surface area contributed by atoms with E-state index in [0.29, 0.717) is 5.56 Å². The lowest BCUT2D eigenvalue weighted by molar-refractivity contribution is 0.117. The van der Waals surface area contributed by atoms with Gasteiger partial charge in [0.05, 0.1) is 17.7 Å². The van der Waals surface area contributed by atoms with Crippen LogP contribution < -0.4 is 0 Å². The van der Waals surface area contributed by atoms with Crippen molar-refractivity contribution in [3.63, 3.8) is 0 Å².